The van der Waals surface area contributed by atoms with Crippen molar-refractivity contribution in [2.75, 3.05) is 18.0 Å². The second kappa shape index (κ2) is 6.56. The molecule has 1 amide bonds. The van der Waals surface area contributed by atoms with Crippen molar-refractivity contribution in [2.24, 2.45) is 11.7 Å². The number of benzene rings is 1. The largest absolute Gasteiger partial charge is 0.481 e. The first-order valence-corrected chi connectivity index (χ1v) is 7.03. The van der Waals surface area contributed by atoms with E-state index in [0.29, 0.717) is 31.1 Å². The van der Waals surface area contributed by atoms with E-state index in [9.17, 15) is 14.0 Å². The lowest BCUT2D eigenvalue weighted by Crippen LogP contribution is -2.34. The van der Waals surface area contributed by atoms with Crippen LogP contribution in [0.15, 0.2) is 18.2 Å². The van der Waals surface area contributed by atoms with Crippen LogP contribution in [-0.4, -0.2) is 30.1 Å². The highest BCUT2D eigenvalue weighted by molar-refractivity contribution is 5.93. The first-order chi connectivity index (χ1) is 9.97. The fourth-order valence-electron chi connectivity index (χ4n) is 2.71. The fraction of sp³-hybridized carbons (Fsp3) is 0.467. The second-order valence-corrected chi connectivity index (χ2v) is 5.39. The average Bonchev–Trinajstić information content (AvgIpc) is 2.45. The molecule has 0 aromatic heterocycles. The Balaban J connectivity index is 1.96. The number of carboxylic acids is 1. The van der Waals surface area contributed by atoms with Gasteiger partial charge in [-0.3, -0.25) is 9.59 Å². The molecule has 0 atom stereocenters. The van der Waals surface area contributed by atoms with Gasteiger partial charge < -0.3 is 15.7 Å². The predicted octanol–water partition coefficient (Wildman–Crippen LogP) is 2.01. The molecule has 5 nitrogen and oxygen atoms in total. The summed E-state index contributed by atoms with van der Waals surface area (Å²) in [5, 5.41) is 8.68. The van der Waals surface area contributed by atoms with Crippen molar-refractivity contribution in [3.8, 4) is 0 Å². The zero-order valence-corrected chi connectivity index (χ0v) is 11.7. The van der Waals surface area contributed by atoms with E-state index in [1.54, 1.807) is 6.07 Å². The number of amides is 1. The highest BCUT2D eigenvalue weighted by Gasteiger charge is 2.22. The molecule has 1 heterocycles. The van der Waals surface area contributed by atoms with Crippen molar-refractivity contribution < 1.29 is 19.1 Å². The Morgan fingerprint density at radius 3 is 2.52 bits per heavy atom. The standard InChI is InChI=1S/C15H19FN2O3/c16-12-9-11(15(17)21)2-3-13(12)18-7-5-10(6-8-18)1-4-14(19)20/h2-3,9-10H,1,4-8H2,(H2,17,21)(H,19,20). The van der Waals surface area contributed by atoms with Gasteiger partial charge in [-0.25, -0.2) is 4.39 Å². The number of carboxylic acid groups (broad SMARTS) is 1. The van der Waals surface area contributed by atoms with E-state index in [-0.39, 0.29) is 12.0 Å². The molecule has 1 aromatic rings. The molecule has 1 aliphatic rings. The molecular formula is C15H19FN2O3. The first kappa shape index (κ1) is 15.3. The van der Waals surface area contributed by atoms with Crippen molar-refractivity contribution in [3.05, 3.63) is 29.6 Å². The summed E-state index contributed by atoms with van der Waals surface area (Å²) >= 11 is 0. The van der Waals surface area contributed by atoms with Gasteiger partial charge in [0.2, 0.25) is 5.91 Å². The molecule has 0 bridgehead atoms. The van der Waals surface area contributed by atoms with Crippen molar-refractivity contribution in [1.82, 2.24) is 0 Å². The van der Waals surface area contributed by atoms with Gasteiger partial charge in [0.05, 0.1) is 5.69 Å². The van der Waals surface area contributed by atoms with Crippen molar-refractivity contribution in [1.29, 1.82) is 0 Å². The van der Waals surface area contributed by atoms with Crippen LogP contribution in [0.5, 0.6) is 0 Å². The molecule has 1 fully saturated rings. The van der Waals surface area contributed by atoms with Crippen LogP contribution < -0.4 is 10.6 Å². The minimum atomic E-state index is -0.773. The number of aliphatic carboxylic acids is 1. The Bertz CT molecular complexity index is 540. The van der Waals surface area contributed by atoms with E-state index in [2.05, 4.69) is 0 Å². The maximum atomic E-state index is 14.0. The lowest BCUT2D eigenvalue weighted by Gasteiger charge is -2.33. The van der Waals surface area contributed by atoms with Gasteiger partial charge in [0.1, 0.15) is 5.82 Å². The molecule has 1 aliphatic heterocycles. The van der Waals surface area contributed by atoms with Crippen molar-refractivity contribution >= 4 is 17.6 Å². The number of hydrogen-bond acceptors (Lipinski definition) is 3. The highest BCUT2D eigenvalue weighted by Crippen LogP contribution is 2.28. The van der Waals surface area contributed by atoms with Crippen LogP contribution >= 0.6 is 0 Å². The van der Waals surface area contributed by atoms with E-state index in [0.717, 1.165) is 18.9 Å². The summed E-state index contributed by atoms with van der Waals surface area (Å²) in [6.45, 7) is 1.38. The summed E-state index contributed by atoms with van der Waals surface area (Å²) in [6.07, 6.45) is 2.56. The Morgan fingerprint density at radius 2 is 2.00 bits per heavy atom. The third kappa shape index (κ3) is 3.93. The zero-order chi connectivity index (χ0) is 15.4. The van der Waals surface area contributed by atoms with E-state index in [4.69, 9.17) is 10.8 Å². The molecule has 0 unspecified atom stereocenters. The number of carbonyl (C=O) groups is 2. The molecule has 6 heteroatoms. The maximum absolute atomic E-state index is 14.0. The summed E-state index contributed by atoms with van der Waals surface area (Å²) in [4.78, 5) is 23.5. The number of hydrogen-bond donors (Lipinski definition) is 2. The monoisotopic (exact) mass is 294 g/mol. The number of piperidine rings is 1. The van der Waals surface area contributed by atoms with Crippen LogP contribution in [-0.2, 0) is 4.79 Å². The minimum Gasteiger partial charge on any atom is -0.481 e. The number of halogens is 1. The third-order valence-corrected chi connectivity index (χ3v) is 3.95. The van der Waals surface area contributed by atoms with Crippen LogP contribution in [0.1, 0.15) is 36.0 Å². The lowest BCUT2D eigenvalue weighted by molar-refractivity contribution is -0.137. The highest BCUT2D eigenvalue weighted by atomic mass is 19.1. The quantitative estimate of drug-likeness (QED) is 0.870. The molecule has 2 rings (SSSR count). The van der Waals surface area contributed by atoms with E-state index >= 15 is 0 Å². The van der Waals surface area contributed by atoms with Gasteiger partial charge in [0.25, 0.3) is 0 Å². The van der Waals surface area contributed by atoms with Gasteiger partial charge in [-0.1, -0.05) is 0 Å². The minimum absolute atomic E-state index is 0.160. The number of nitrogens with two attached hydrogens (primary N) is 1. The van der Waals surface area contributed by atoms with Gasteiger partial charge in [0.15, 0.2) is 0 Å². The van der Waals surface area contributed by atoms with Crippen molar-refractivity contribution in [2.45, 2.75) is 25.7 Å². The van der Waals surface area contributed by atoms with Crippen molar-refractivity contribution in [3.63, 3.8) is 0 Å². The van der Waals surface area contributed by atoms with Gasteiger partial charge in [0, 0.05) is 25.1 Å². The Morgan fingerprint density at radius 1 is 1.33 bits per heavy atom. The summed E-state index contributed by atoms with van der Waals surface area (Å²) < 4.78 is 14.0. The number of anilines is 1. The fourth-order valence-corrected chi connectivity index (χ4v) is 2.71. The predicted molar refractivity (Wildman–Crippen MR) is 76.7 cm³/mol. The third-order valence-electron chi connectivity index (χ3n) is 3.95. The van der Waals surface area contributed by atoms with Crippen LogP contribution in [0, 0.1) is 11.7 Å². The number of carbonyl (C=O) groups excluding carboxylic acids is 1. The summed E-state index contributed by atoms with van der Waals surface area (Å²) in [6, 6.07) is 4.26. The molecule has 0 spiro atoms. The van der Waals surface area contributed by atoms with E-state index in [1.807, 2.05) is 4.90 Å². The molecule has 0 saturated carbocycles. The molecule has 0 radical (unpaired) electrons. The topological polar surface area (TPSA) is 83.6 Å². The van der Waals surface area contributed by atoms with E-state index in [1.165, 1.54) is 6.07 Å². The summed E-state index contributed by atoms with van der Waals surface area (Å²) in [7, 11) is 0. The van der Waals surface area contributed by atoms with Gasteiger partial charge >= 0.3 is 5.97 Å². The maximum Gasteiger partial charge on any atom is 0.303 e. The molecule has 3 N–H and O–H groups in total. The first-order valence-electron chi connectivity index (χ1n) is 7.03. The smallest absolute Gasteiger partial charge is 0.303 e. The Hall–Kier alpha value is -2.11. The summed E-state index contributed by atoms with van der Waals surface area (Å²) in [5.41, 5.74) is 5.75. The number of primary amides is 1. The number of rotatable bonds is 5. The molecule has 1 saturated heterocycles. The van der Waals surface area contributed by atoms with Crippen LogP contribution in [0.2, 0.25) is 0 Å². The van der Waals surface area contributed by atoms with Crippen LogP contribution in [0.3, 0.4) is 0 Å². The van der Waals surface area contributed by atoms with Crippen LogP contribution in [0.25, 0.3) is 0 Å². The second-order valence-electron chi connectivity index (χ2n) is 5.39. The van der Waals surface area contributed by atoms with Crippen LogP contribution in [0.4, 0.5) is 10.1 Å². The van der Waals surface area contributed by atoms with E-state index < -0.39 is 17.7 Å². The average molecular weight is 294 g/mol. The number of nitrogens with zero attached hydrogens (tertiary/aromatic N) is 1. The lowest BCUT2D eigenvalue weighted by atomic mass is 9.92. The van der Waals surface area contributed by atoms with Gasteiger partial charge in [-0.15, -0.1) is 0 Å². The normalized spacial score (nSPS) is 16.0. The molecule has 1 aromatic carbocycles. The molecular weight excluding hydrogens is 275 g/mol. The molecule has 21 heavy (non-hydrogen) atoms. The zero-order valence-electron chi connectivity index (χ0n) is 11.7. The van der Waals surface area contributed by atoms with Gasteiger partial charge in [-0.2, -0.15) is 0 Å². The summed E-state index contributed by atoms with van der Waals surface area (Å²) in [5.74, 6) is -1.49. The molecule has 114 valence electrons. The Labute approximate surface area is 122 Å². The van der Waals surface area contributed by atoms with Gasteiger partial charge in [-0.05, 0) is 43.4 Å². The SMILES string of the molecule is NC(=O)c1ccc(N2CCC(CCC(=O)O)CC2)c(F)c1. The molecule has 0 aliphatic carbocycles. The Kier molecular flexibility index (Phi) is 4.77.